The predicted molar refractivity (Wildman–Crippen MR) is 90.8 cm³/mol. The fourth-order valence-electron chi connectivity index (χ4n) is 2.98. The van der Waals surface area contributed by atoms with Gasteiger partial charge in [0.1, 0.15) is 0 Å². The van der Waals surface area contributed by atoms with Gasteiger partial charge in [0.05, 0.1) is 6.10 Å². The Morgan fingerprint density at radius 1 is 1.05 bits per heavy atom. The average molecular weight is 346 g/mol. The topological polar surface area (TPSA) is 23.5 Å². The second-order valence-corrected chi connectivity index (χ2v) is 6.49. The molecular weight excluding hydrogens is 326 g/mol. The number of hydrogen-bond donors (Lipinski definition) is 1. The Morgan fingerprint density at radius 2 is 1.67 bits per heavy atom. The van der Waals surface area contributed by atoms with Gasteiger partial charge in [-0.05, 0) is 48.6 Å². The average Bonchev–Trinajstić information content (AvgIpc) is 2.69. The number of aliphatic hydroxyl groups excluding tert-OH is 1. The highest BCUT2D eigenvalue weighted by atomic mass is 79.9. The maximum absolute atomic E-state index is 9.73. The van der Waals surface area contributed by atoms with Crippen molar-refractivity contribution in [3.63, 3.8) is 0 Å². The van der Waals surface area contributed by atoms with E-state index >= 15 is 0 Å². The number of nitrogens with zero attached hydrogens (tertiary/aromatic N) is 1. The molecule has 0 bridgehead atoms. The molecule has 0 fully saturated rings. The number of fused-ring (bicyclic) bond motifs is 1. The van der Waals surface area contributed by atoms with E-state index in [0.29, 0.717) is 0 Å². The van der Waals surface area contributed by atoms with Gasteiger partial charge in [0, 0.05) is 23.2 Å². The molecular formula is C18H20BrNO. The summed E-state index contributed by atoms with van der Waals surface area (Å²) in [5.74, 6) is 0. The second-order valence-electron chi connectivity index (χ2n) is 5.64. The first-order valence-electron chi connectivity index (χ1n) is 7.44. The lowest BCUT2D eigenvalue weighted by molar-refractivity contribution is 0.198. The smallest absolute Gasteiger partial charge is 0.0772 e. The summed E-state index contributed by atoms with van der Waals surface area (Å²) < 4.78 is 0.983. The molecule has 0 saturated heterocycles. The van der Waals surface area contributed by atoms with Crippen LogP contribution in [-0.4, -0.2) is 18.2 Å². The molecule has 0 radical (unpaired) electrons. The number of hydrogen-bond acceptors (Lipinski definition) is 2. The number of benzene rings is 2. The van der Waals surface area contributed by atoms with Crippen molar-refractivity contribution < 1.29 is 5.11 Å². The Bertz CT molecular complexity index is 612. The summed E-state index contributed by atoms with van der Waals surface area (Å²) in [6.07, 6.45) is 1.74. The molecule has 1 aliphatic rings. The van der Waals surface area contributed by atoms with Crippen molar-refractivity contribution in [2.45, 2.75) is 25.9 Å². The molecule has 2 aromatic rings. The van der Waals surface area contributed by atoms with Crippen LogP contribution in [0.1, 0.15) is 29.7 Å². The zero-order chi connectivity index (χ0) is 14.8. The molecule has 21 heavy (non-hydrogen) atoms. The van der Waals surface area contributed by atoms with Gasteiger partial charge >= 0.3 is 0 Å². The van der Waals surface area contributed by atoms with Gasteiger partial charge in [0.25, 0.3) is 0 Å². The molecule has 0 spiro atoms. The molecule has 2 nitrogen and oxygen atoms in total. The van der Waals surface area contributed by atoms with Crippen molar-refractivity contribution in [1.29, 1.82) is 0 Å². The molecule has 0 aliphatic carbocycles. The summed E-state index contributed by atoms with van der Waals surface area (Å²) >= 11 is 3.58. The minimum Gasteiger partial charge on any atom is -0.389 e. The van der Waals surface area contributed by atoms with Crippen LogP contribution in [0.15, 0.2) is 46.9 Å². The zero-order valence-corrected chi connectivity index (χ0v) is 13.8. The van der Waals surface area contributed by atoms with Crippen molar-refractivity contribution in [3.8, 4) is 0 Å². The monoisotopic (exact) mass is 345 g/mol. The molecule has 3 heteroatoms. The van der Waals surface area contributed by atoms with Gasteiger partial charge in [-0.1, -0.05) is 46.3 Å². The largest absolute Gasteiger partial charge is 0.389 e. The third-order valence-electron chi connectivity index (χ3n) is 4.22. The van der Waals surface area contributed by atoms with Gasteiger partial charge in [0.15, 0.2) is 0 Å². The Labute approximate surface area is 134 Å². The summed E-state index contributed by atoms with van der Waals surface area (Å²) in [5, 5.41) is 9.73. The van der Waals surface area contributed by atoms with E-state index in [2.05, 4.69) is 57.2 Å². The molecule has 1 atom stereocenters. The normalized spacial score (nSPS) is 16.2. The van der Waals surface area contributed by atoms with Crippen molar-refractivity contribution in [3.05, 3.63) is 63.6 Å². The fourth-order valence-corrected chi connectivity index (χ4v) is 3.68. The highest BCUT2D eigenvalue weighted by Crippen LogP contribution is 2.29. The van der Waals surface area contributed by atoms with E-state index in [1.807, 2.05) is 6.07 Å². The van der Waals surface area contributed by atoms with Crippen molar-refractivity contribution in [1.82, 2.24) is 0 Å². The fraction of sp³-hybridized carbons (Fsp3) is 0.333. The van der Waals surface area contributed by atoms with Crippen molar-refractivity contribution >= 4 is 21.6 Å². The number of aliphatic hydroxyl groups is 1. The summed E-state index contributed by atoms with van der Waals surface area (Å²) in [7, 11) is 0. The van der Waals surface area contributed by atoms with E-state index in [1.165, 1.54) is 16.8 Å². The van der Waals surface area contributed by atoms with Gasteiger partial charge < -0.3 is 10.0 Å². The summed E-state index contributed by atoms with van der Waals surface area (Å²) in [4.78, 5) is 2.43. The van der Waals surface area contributed by atoms with Gasteiger partial charge in [0.2, 0.25) is 0 Å². The highest BCUT2D eigenvalue weighted by Gasteiger charge is 2.15. The zero-order valence-electron chi connectivity index (χ0n) is 12.2. The van der Waals surface area contributed by atoms with Crippen LogP contribution in [-0.2, 0) is 12.8 Å². The Balaban J connectivity index is 1.81. The molecule has 2 aromatic carbocycles. The molecule has 110 valence electrons. The number of halogens is 1. The quantitative estimate of drug-likeness (QED) is 0.885. The van der Waals surface area contributed by atoms with Crippen LogP contribution in [0.5, 0.6) is 0 Å². The standard InChI is InChI=1S/C18H20BrNO/c1-13(21)17-7-6-16(12-18(17)19)20-10-8-14-4-2-3-5-15(14)9-11-20/h2-7,12-13,21H,8-11H2,1H3/t13-/m1/s1. The minimum atomic E-state index is -0.443. The molecule has 3 rings (SSSR count). The maximum atomic E-state index is 9.73. The lowest BCUT2D eigenvalue weighted by Gasteiger charge is -2.23. The molecule has 0 amide bonds. The van der Waals surface area contributed by atoms with E-state index in [-0.39, 0.29) is 0 Å². The van der Waals surface area contributed by atoms with Crippen LogP contribution in [0.2, 0.25) is 0 Å². The highest BCUT2D eigenvalue weighted by molar-refractivity contribution is 9.10. The lowest BCUT2D eigenvalue weighted by atomic mass is 10.0. The first-order chi connectivity index (χ1) is 10.1. The van der Waals surface area contributed by atoms with E-state index in [0.717, 1.165) is 36.0 Å². The van der Waals surface area contributed by atoms with Crippen LogP contribution < -0.4 is 4.90 Å². The molecule has 1 N–H and O–H groups in total. The lowest BCUT2D eigenvalue weighted by Crippen LogP contribution is -2.26. The van der Waals surface area contributed by atoms with Gasteiger partial charge in [-0.2, -0.15) is 0 Å². The maximum Gasteiger partial charge on any atom is 0.0772 e. The minimum absolute atomic E-state index is 0.443. The Hall–Kier alpha value is -1.32. The third kappa shape index (κ3) is 3.14. The van der Waals surface area contributed by atoms with Crippen LogP contribution in [0.3, 0.4) is 0 Å². The van der Waals surface area contributed by atoms with Crippen LogP contribution in [0, 0.1) is 0 Å². The van der Waals surface area contributed by atoms with Gasteiger partial charge in [-0.3, -0.25) is 0 Å². The second kappa shape index (κ2) is 6.20. The van der Waals surface area contributed by atoms with E-state index < -0.39 is 6.10 Å². The molecule has 1 heterocycles. The van der Waals surface area contributed by atoms with Gasteiger partial charge in [-0.25, -0.2) is 0 Å². The molecule has 0 unspecified atom stereocenters. The Morgan fingerprint density at radius 3 is 2.19 bits per heavy atom. The Kier molecular flexibility index (Phi) is 4.32. The SMILES string of the molecule is C[C@@H](O)c1ccc(N2CCc3ccccc3CC2)cc1Br. The molecule has 0 saturated carbocycles. The third-order valence-corrected chi connectivity index (χ3v) is 4.91. The number of anilines is 1. The van der Waals surface area contributed by atoms with Crippen LogP contribution in [0.4, 0.5) is 5.69 Å². The first-order valence-corrected chi connectivity index (χ1v) is 8.23. The first kappa shape index (κ1) is 14.6. The summed E-state index contributed by atoms with van der Waals surface area (Å²) in [5.41, 5.74) is 5.11. The van der Waals surface area contributed by atoms with E-state index in [9.17, 15) is 5.11 Å². The molecule has 1 aliphatic heterocycles. The molecule has 0 aromatic heterocycles. The van der Waals surface area contributed by atoms with Crippen molar-refractivity contribution in [2.75, 3.05) is 18.0 Å². The van der Waals surface area contributed by atoms with E-state index in [4.69, 9.17) is 0 Å². The predicted octanol–water partition coefficient (Wildman–Crippen LogP) is 4.11. The van der Waals surface area contributed by atoms with Crippen molar-refractivity contribution in [2.24, 2.45) is 0 Å². The van der Waals surface area contributed by atoms with Crippen LogP contribution >= 0.6 is 15.9 Å². The van der Waals surface area contributed by atoms with Crippen LogP contribution in [0.25, 0.3) is 0 Å². The van der Waals surface area contributed by atoms with E-state index in [1.54, 1.807) is 6.92 Å². The number of rotatable bonds is 2. The summed E-state index contributed by atoms with van der Waals surface area (Å²) in [6, 6.07) is 15.0. The van der Waals surface area contributed by atoms with Gasteiger partial charge in [-0.15, -0.1) is 0 Å². The summed E-state index contributed by atoms with van der Waals surface area (Å²) in [6.45, 7) is 3.87.